The topological polar surface area (TPSA) is 21.3 Å². The lowest BCUT2D eigenvalue weighted by atomic mass is 10.1. The van der Waals surface area contributed by atoms with E-state index in [1.807, 2.05) is 24.3 Å². The zero-order valence-electron chi connectivity index (χ0n) is 11.8. The molecule has 0 spiro atoms. The lowest BCUT2D eigenvalue weighted by molar-refractivity contribution is 0.409. The summed E-state index contributed by atoms with van der Waals surface area (Å²) in [4.78, 5) is 0. The first-order valence-corrected chi connectivity index (χ1v) is 8.49. The molecule has 0 aromatic heterocycles. The Labute approximate surface area is 147 Å². The number of ether oxygens (including phenoxy) is 1. The monoisotopic (exact) mass is 431 g/mol. The highest BCUT2D eigenvalue weighted by Gasteiger charge is 2.11. The van der Waals surface area contributed by atoms with Gasteiger partial charge in [0.25, 0.3) is 0 Å². The molecule has 0 fully saturated rings. The first kappa shape index (κ1) is 16.8. The average Bonchev–Trinajstić information content (AvgIpc) is 2.45. The maximum absolute atomic E-state index is 6.22. The molecule has 0 aliphatic heterocycles. The van der Waals surface area contributed by atoms with Crippen molar-refractivity contribution in [3.05, 3.63) is 61.5 Å². The van der Waals surface area contributed by atoms with E-state index in [1.165, 1.54) is 0 Å². The molecule has 0 unspecified atom stereocenters. The highest BCUT2D eigenvalue weighted by atomic mass is 79.9. The second-order valence-electron chi connectivity index (χ2n) is 4.72. The molecule has 112 valence electrons. The van der Waals surface area contributed by atoms with Crippen molar-refractivity contribution < 1.29 is 4.74 Å². The van der Waals surface area contributed by atoms with Gasteiger partial charge in [-0.1, -0.05) is 29.8 Å². The third-order valence-corrected chi connectivity index (χ3v) is 4.77. The summed E-state index contributed by atoms with van der Waals surface area (Å²) in [5.41, 5.74) is 2.26. The highest BCUT2D eigenvalue weighted by Crippen LogP contribution is 2.34. The lowest BCUT2D eigenvalue weighted by Gasteiger charge is -2.16. The summed E-state index contributed by atoms with van der Waals surface area (Å²) in [6.45, 7) is 2.85. The van der Waals surface area contributed by atoms with Crippen LogP contribution in [0.25, 0.3) is 0 Å². The van der Waals surface area contributed by atoms with E-state index in [0.717, 1.165) is 37.4 Å². The van der Waals surface area contributed by atoms with Crippen LogP contribution < -0.4 is 10.1 Å². The van der Waals surface area contributed by atoms with Crippen LogP contribution in [0.1, 0.15) is 24.1 Å². The normalized spacial score (nSPS) is 12.2. The number of hydrogen-bond acceptors (Lipinski definition) is 2. The minimum atomic E-state index is 0.179. The third-order valence-electron chi connectivity index (χ3n) is 3.25. The Hall–Kier alpha value is -0.550. The largest absolute Gasteiger partial charge is 0.494 e. The first-order valence-electron chi connectivity index (χ1n) is 6.52. The molecule has 2 rings (SSSR count). The molecule has 5 heteroatoms. The van der Waals surface area contributed by atoms with E-state index in [-0.39, 0.29) is 6.04 Å². The molecule has 1 N–H and O–H groups in total. The summed E-state index contributed by atoms with van der Waals surface area (Å²) in [6.07, 6.45) is 0. The van der Waals surface area contributed by atoms with Crippen molar-refractivity contribution in [3.8, 4) is 5.75 Å². The fourth-order valence-corrected chi connectivity index (χ4v) is 4.02. The van der Waals surface area contributed by atoms with Gasteiger partial charge in [-0.25, -0.2) is 0 Å². The Morgan fingerprint density at radius 3 is 2.38 bits per heavy atom. The molecular formula is C16H16Br2ClNO. The Bertz CT molecular complexity index is 610. The summed E-state index contributed by atoms with van der Waals surface area (Å²) in [6, 6.07) is 12.2. The third kappa shape index (κ3) is 4.22. The maximum Gasteiger partial charge on any atom is 0.147 e. The van der Waals surface area contributed by atoms with E-state index in [4.69, 9.17) is 16.3 Å². The molecule has 2 nitrogen and oxygen atoms in total. The van der Waals surface area contributed by atoms with Crippen molar-refractivity contribution in [3.63, 3.8) is 0 Å². The van der Waals surface area contributed by atoms with Crippen molar-refractivity contribution in [1.29, 1.82) is 0 Å². The molecular weight excluding hydrogens is 417 g/mol. The summed E-state index contributed by atoms with van der Waals surface area (Å²) >= 11 is 13.3. The molecule has 2 aromatic carbocycles. The van der Waals surface area contributed by atoms with Crippen LogP contribution in [0.15, 0.2) is 45.3 Å². The zero-order chi connectivity index (χ0) is 15.4. The number of methoxy groups -OCH3 is 1. The standard InChI is InChI=1S/C16H16Br2ClNO/c1-10(12-5-3-4-6-15(12)19)20-9-11-7-13(17)16(21-2)14(18)8-11/h3-8,10,20H,9H2,1-2H3/t10-/m0/s1. The van der Waals surface area contributed by atoms with Crippen molar-refractivity contribution in [2.75, 3.05) is 7.11 Å². The number of nitrogens with one attached hydrogen (secondary N) is 1. The van der Waals surface area contributed by atoms with Crippen molar-refractivity contribution >= 4 is 43.5 Å². The van der Waals surface area contributed by atoms with Crippen LogP contribution in [-0.4, -0.2) is 7.11 Å². The molecule has 0 amide bonds. The fourth-order valence-electron chi connectivity index (χ4n) is 2.12. The molecule has 0 radical (unpaired) electrons. The molecule has 0 saturated carbocycles. The molecule has 0 bridgehead atoms. The van der Waals surface area contributed by atoms with Crippen LogP contribution >= 0.6 is 43.5 Å². The van der Waals surface area contributed by atoms with Gasteiger partial charge in [-0.15, -0.1) is 0 Å². The predicted octanol–water partition coefficient (Wildman–Crippen LogP) is 5.72. The van der Waals surface area contributed by atoms with E-state index < -0.39 is 0 Å². The van der Waals surface area contributed by atoms with Crippen LogP contribution in [0.3, 0.4) is 0 Å². The molecule has 0 heterocycles. The van der Waals surface area contributed by atoms with Gasteiger partial charge in [0.1, 0.15) is 5.75 Å². The van der Waals surface area contributed by atoms with Crippen molar-refractivity contribution in [1.82, 2.24) is 5.32 Å². The van der Waals surface area contributed by atoms with Gasteiger partial charge < -0.3 is 10.1 Å². The van der Waals surface area contributed by atoms with Crippen LogP contribution in [0.4, 0.5) is 0 Å². The minimum Gasteiger partial charge on any atom is -0.494 e. The van der Waals surface area contributed by atoms with Gasteiger partial charge in [-0.3, -0.25) is 0 Å². The van der Waals surface area contributed by atoms with Gasteiger partial charge in [-0.05, 0) is 68.1 Å². The van der Waals surface area contributed by atoms with Gasteiger partial charge >= 0.3 is 0 Å². The van der Waals surface area contributed by atoms with E-state index in [1.54, 1.807) is 7.11 Å². The van der Waals surface area contributed by atoms with E-state index >= 15 is 0 Å². The van der Waals surface area contributed by atoms with Gasteiger partial charge in [0.2, 0.25) is 0 Å². The van der Waals surface area contributed by atoms with E-state index in [9.17, 15) is 0 Å². The number of hydrogen-bond donors (Lipinski definition) is 1. The molecule has 0 aliphatic rings. The lowest BCUT2D eigenvalue weighted by Crippen LogP contribution is -2.18. The summed E-state index contributed by atoms with van der Waals surface area (Å²) < 4.78 is 7.17. The van der Waals surface area contributed by atoms with Crippen molar-refractivity contribution in [2.24, 2.45) is 0 Å². The van der Waals surface area contributed by atoms with E-state index in [2.05, 4.69) is 56.2 Å². The summed E-state index contributed by atoms with van der Waals surface area (Å²) in [5, 5.41) is 4.27. The Kier molecular flexibility index (Phi) is 6.11. The number of rotatable bonds is 5. The number of halogens is 3. The van der Waals surface area contributed by atoms with Crippen LogP contribution in [-0.2, 0) is 6.54 Å². The van der Waals surface area contributed by atoms with Gasteiger partial charge in [0.05, 0.1) is 16.1 Å². The van der Waals surface area contributed by atoms with Crippen LogP contribution in [0.2, 0.25) is 5.02 Å². The molecule has 0 aliphatic carbocycles. The van der Waals surface area contributed by atoms with Crippen LogP contribution in [0.5, 0.6) is 5.75 Å². The highest BCUT2D eigenvalue weighted by molar-refractivity contribution is 9.11. The quantitative estimate of drug-likeness (QED) is 0.651. The summed E-state index contributed by atoms with van der Waals surface area (Å²) in [7, 11) is 1.66. The SMILES string of the molecule is COc1c(Br)cc(CN[C@@H](C)c2ccccc2Cl)cc1Br. The van der Waals surface area contributed by atoms with Gasteiger partial charge in [0.15, 0.2) is 0 Å². The first-order chi connectivity index (χ1) is 10.0. The maximum atomic E-state index is 6.22. The number of benzene rings is 2. The van der Waals surface area contributed by atoms with Gasteiger partial charge in [-0.2, -0.15) is 0 Å². The molecule has 21 heavy (non-hydrogen) atoms. The zero-order valence-corrected chi connectivity index (χ0v) is 15.7. The smallest absolute Gasteiger partial charge is 0.147 e. The average molecular weight is 434 g/mol. The Morgan fingerprint density at radius 1 is 1.19 bits per heavy atom. The molecule has 1 atom stereocenters. The van der Waals surface area contributed by atoms with Crippen molar-refractivity contribution in [2.45, 2.75) is 19.5 Å². The van der Waals surface area contributed by atoms with Gasteiger partial charge in [0, 0.05) is 17.6 Å². The Balaban J connectivity index is 2.08. The molecule has 2 aromatic rings. The molecule has 0 saturated heterocycles. The van der Waals surface area contributed by atoms with Crippen LogP contribution in [0, 0.1) is 0 Å². The fraction of sp³-hybridized carbons (Fsp3) is 0.250. The predicted molar refractivity (Wildman–Crippen MR) is 95.1 cm³/mol. The second-order valence-corrected chi connectivity index (χ2v) is 6.83. The second kappa shape index (κ2) is 7.63. The summed E-state index contributed by atoms with van der Waals surface area (Å²) in [5.74, 6) is 0.804. The Morgan fingerprint density at radius 2 is 1.81 bits per heavy atom. The minimum absolute atomic E-state index is 0.179. The van der Waals surface area contributed by atoms with E-state index in [0.29, 0.717) is 0 Å².